The summed E-state index contributed by atoms with van der Waals surface area (Å²) >= 11 is 0. The Bertz CT molecular complexity index is 612. The summed E-state index contributed by atoms with van der Waals surface area (Å²) in [4.78, 5) is 11.5. The fourth-order valence-corrected chi connectivity index (χ4v) is 5.31. The van der Waals surface area contributed by atoms with Crippen molar-refractivity contribution >= 4 is 5.97 Å². The monoisotopic (exact) mass is 354 g/mol. The van der Waals surface area contributed by atoms with E-state index in [0.29, 0.717) is 5.57 Å². The molecule has 0 aromatic heterocycles. The van der Waals surface area contributed by atoms with Crippen LogP contribution in [0.1, 0.15) is 81.8 Å². The summed E-state index contributed by atoms with van der Waals surface area (Å²) in [6.45, 7) is 4.18. The molecular weight excluding hydrogens is 320 g/mol. The molecule has 1 N–H and O–H groups in total. The molecule has 0 spiro atoms. The van der Waals surface area contributed by atoms with Crippen LogP contribution in [0.4, 0.5) is 0 Å². The van der Waals surface area contributed by atoms with E-state index in [1.54, 1.807) is 0 Å². The first kappa shape index (κ1) is 19.2. The maximum atomic E-state index is 11.5. The van der Waals surface area contributed by atoms with Crippen molar-refractivity contribution in [3.8, 4) is 0 Å². The maximum Gasteiger partial charge on any atom is 0.331 e. The predicted molar refractivity (Wildman–Crippen MR) is 107 cm³/mol. The summed E-state index contributed by atoms with van der Waals surface area (Å²) in [5, 5.41) is 9.46. The minimum absolute atomic E-state index is 0.285. The third-order valence-electron chi connectivity index (χ3n) is 6.87. The molecule has 2 aliphatic rings. The third kappa shape index (κ3) is 4.58. The van der Waals surface area contributed by atoms with Crippen molar-refractivity contribution in [3.05, 3.63) is 47.0 Å². The van der Waals surface area contributed by atoms with E-state index in [1.807, 2.05) is 13.0 Å². The average molecular weight is 355 g/mol. The number of benzene rings is 1. The molecule has 1 aromatic carbocycles. The van der Waals surface area contributed by atoms with Gasteiger partial charge in [0, 0.05) is 5.57 Å². The fourth-order valence-electron chi connectivity index (χ4n) is 5.31. The van der Waals surface area contributed by atoms with E-state index in [2.05, 4.69) is 31.2 Å². The second kappa shape index (κ2) is 8.88. The number of hydrogen-bond acceptors (Lipinski definition) is 1. The zero-order chi connectivity index (χ0) is 18.5. The largest absolute Gasteiger partial charge is 0.478 e. The van der Waals surface area contributed by atoms with E-state index >= 15 is 0 Å². The summed E-state index contributed by atoms with van der Waals surface area (Å²) in [6, 6.07) is 9.12. The Morgan fingerprint density at radius 2 is 1.50 bits per heavy atom. The van der Waals surface area contributed by atoms with Gasteiger partial charge in [0.2, 0.25) is 0 Å². The van der Waals surface area contributed by atoms with Gasteiger partial charge in [0.15, 0.2) is 0 Å². The zero-order valence-electron chi connectivity index (χ0n) is 16.4. The summed E-state index contributed by atoms with van der Waals surface area (Å²) in [5.74, 6) is 2.01. The first-order valence-corrected chi connectivity index (χ1v) is 10.6. The summed E-state index contributed by atoms with van der Waals surface area (Å²) in [5.41, 5.74) is 3.54. The van der Waals surface area contributed by atoms with Gasteiger partial charge in [0.1, 0.15) is 0 Å². The Kier molecular flexibility index (Phi) is 6.56. The molecule has 3 rings (SSSR count). The smallest absolute Gasteiger partial charge is 0.331 e. The third-order valence-corrected chi connectivity index (χ3v) is 6.87. The molecule has 0 radical (unpaired) electrons. The van der Waals surface area contributed by atoms with E-state index in [-0.39, 0.29) is 5.92 Å². The molecule has 0 amide bonds. The van der Waals surface area contributed by atoms with Crippen LogP contribution >= 0.6 is 0 Å². The first-order valence-electron chi connectivity index (χ1n) is 10.6. The molecule has 0 saturated heterocycles. The quantitative estimate of drug-likeness (QED) is 0.613. The molecule has 2 heteroatoms. The maximum absolute atomic E-state index is 11.5. The molecule has 1 aromatic rings. The van der Waals surface area contributed by atoms with Gasteiger partial charge in [-0.3, -0.25) is 0 Å². The van der Waals surface area contributed by atoms with Crippen molar-refractivity contribution in [1.82, 2.24) is 0 Å². The normalized spacial score (nSPS) is 30.2. The van der Waals surface area contributed by atoms with Crippen LogP contribution < -0.4 is 0 Å². The topological polar surface area (TPSA) is 37.3 Å². The highest BCUT2D eigenvalue weighted by atomic mass is 16.4. The SMILES string of the molecule is CCC=C(C(=O)O)C1CCC(C2CCC(c3ccc(C)cc3)CC2)CC1. The lowest BCUT2D eigenvalue weighted by Crippen LogP contribution is -2.27. The zero-order valence-corrected chi connectivity index (χ0v) is 16.4. The number of hydrogen-bond donors (Lipinski definition) is 1. The van der Waals surface area contributed by atoms with Crippen LogP contribution in [-0.4, -0.2) is 11.1 Å². The Morgan fingerprint density at radius 3 is 2.00 bits per heavy atom. The molecule has 142 valence electrons. The van der Waals surface area contributed by atoms with Crippen molar-refractivity contribution in [3.63, 3.8) is 0 Å². The standard InChI is InChI=1S/C24H34O2/c1-3-4-23(24(25)26)22-15-13-21(14-16-22)20-11-9-19(10-12-20)18-7-5-17(2)6-8-18/h4-8,19-22H,3,9-16H2,1-2H3,(H,25,26). The van der Waals surface area contributed by atoms with Gasteiger partial charge in [-0.2, -0.15) is 0 Å². The van der Waals surface area contributed by atoms with Crippen molar-refractivity contribution in [2.75, 3.05) is 0 Å². The molecule has 2 saturated carbocycles. The molecule has 0 unspecified atom stereocenters. The van der Waals surface area contributed by atoms with Gasteiger partial charge in [0.25, 0.3) is 0 Å². The van der Waals surface area contributed by atoms with Gasteiger partial charge in [-0.25, -0.2) is 4.79 Å². The molecule has 0 bridgehead atoms. The number of rotatable bonds is 5. The van der Waals surface area contributed by atoms with Gasteiger partial charge >= 0.3 is 5.97 Å². The second-order valence-corrected chi connectivity index (χ2v) is 8.51. The highest BCUT2D eigenvalue weighted by Gasteiger charge is 2.33. The lowest BCUT2D eigenvalue weighted by Gasteiger charge is -2.38. The predicted octanol–water partition coefficient (Wildman–Crippen LogP) is 6.50. The molecule has 0 atom stereocenters. The number of aliphatic carboxylic acids is 1. The molecular formula is C24H34O2. The van der Waals surface area contributed by atoms with Gasteiger partial charge < -0.3 is 5.11 Å². The number of carboxylic acids is 1. The second-order valence-electron chi connectivity index (χ2n) is 8.51. The lowest BCUT2D eigenvalue weighted by molar-refractivity contribution is -0.133. The highest BCUT2D eigenvalue weighted by Crippen LogP contribution is 2.45. The minimum atomic E-state index is -0.700. The van der Waals surface area contributed by atoms with Crippen molar-refractivity contribution in [2.24, 2.45) is 17.8 Å². The van der Waals surface area contributed by atoms with Crippen LogP contribution in [0.5, 0.6) is 0 Å². The van der Waals surface area contributed by atoms with E-state index in [9.17, 15) is 9.90 Å². The van der Waals surface area contributed by atoms with Crippen LogP contribution in [0.3, 0.4) is 0 Å². The summed E-state index contributed by atoms with van der Waals surface area (Å²) in [7, 11) is 0. The molecule has 2 aliphatic carbocycles. The Morgan fingerprint density at radius 1 is 0.962 bits per heavy atom. The number of aryl methyl sites for hydroxylation is 1. The molecule has 0 aliphatic heterocycles. The fraction of sp³-hybridized carbons (Fsp3) is 0.625. The van der Waals surface area contributed by atoms with Crippen LogP contribution in [0.2, 0.25) is 0 Å². The Balaban J connectivity index is 1.50. The van der Waals surface area contributed by atoms with E-state index in [4.69, 9.17) is 0 Å². The summed E-state index contributed by atoms with van der Waals surface area (Å²) < 4.78 is 0. The van der Waals surface area contributed by atoms with Gasteiger partial charge in [-0.1, -0.05) is 42.8 Å². The van der Waals surface area contributed by atoms with Gasteiger partial charge in [-0.15, -0.1) is 0 Å². The molecule has 2 nitrogen and oxygen atoms in total. The van der Waals surface area contributed by atoms with Crippen LogP contribution in [0, 0.1) is 24.7 Å². The Labute approximate surface area is 158 Å². The van der Waals surface area contributed by atoms with Gasteiger partial charge in [0.05, 0.1) is 0 Å². The van der Waals surface area contributed by atoms with Crippen molar-refractivity contribution in [1.29, 1.82) is 0 Å². The molecule has 0 heterocycles. The van der Waals surface area contributed by atoms with Crippen LogP contribution in [0.15, 0.2) is 35.9 Å². The number of carboxylic acid groups (broad SMARTS) is 1. The summed E-state index contributed by atoms with van der Waals surface area (Å²) in [6.07, 6.45) is 12.7. The highest BCUT2D eigenvalue weighted by molar-refractivity contribution is 5.87. The lowest BCUT2D eigenvalue weighted by atomic mass is 9.67. The minimum Gasteiger partial charge on any atom is -0.478 e. The van der Waals surface area contributed by atoms with Crippen molar-refractivity contribution in [2.45, 2.75) is 77.6 Å². The van der Waals surface area contributed by atoms with Gasteiger partial charge in [-0.05, 0) is 93.9 Å². The number of carbonyl (C=O) groups is 1. The van der Waals surface area contributed by atoms with E-state index < -0.39 is 5.97 Å². The first-order chi connectivity index (χ1) is 12.6. The van der Waals surface area contributed by atoms with Crippen LogP contribution in [-0.2, 0) is 4.79 Å². The van der Waals surface area contributed by atoms with Crippen molar-refractivity contribution < 1.29 is 9.90 Å². The molecule has 2 fully saturated rings. The van der Waals surface area contributed by atoms with E-state index in [0.717, 1.165) is 37.0 Å². The van der Waals surface area contributed by atoms with E-state index in [1.165, 1.54) is 49.7 Å². The average Bonchev–Trinajstić information content (AvgIpc) is 2.67. The van der Waals surface area contributed by atoms with Crippen LogP contribution in [0.25, 0.3) is 0 Å². The molecule has 26 heavy (non-hydrogen) atoms. The number of allylic oxidation sites excluding steroid dienone is 1. The Hall–Kier alpha value is -1.57.